The average Bonchev–Trinajstić information content (AvgIpc) is 3.93. The number of hydrogen-bond acceptors (Lipinski definition) is 4. The molecule has 0 saturated carbocycles. The zero-order chi connectivity index (χ0) is 37.5. The average molecular weight is 746 g/mol. The van der Waals surface area contributed by atoms with Crippen molar-refractivity contribution in [3.63, 3.8) is 0 Å². The van der Waals surface area contributed by atoms with E-state index in [9.17, 15) is 0 Å². The van der Waals surface area contributed by atoms with Gasteiger partial charge in [0, 0.05) is 69.8 Å². The fraction of sp³-hybridized carbons (Fsp3) is 0. The maximum absolute atomic E-state index is 5.01. The number of hydrogen-bond donors (Lipinski definition) is 0. The Hall–Kier alpha value is -7.41. The summed E-state index contributed by atoms with van der Waals surface area (Å²) < 4.78 is 7.45. The molecule has 8 aromatic carbocycles. The highest BCUT2D eigenvalue weighted by molar-refractivity contribution is 7.26. The van der Waals surface area contributed by atoms with Crippen LogP contribution >= 0.6 is 11.3 Å². The minimum Gasteiger partial charge on any atom is -0.309 e. The molecule has 0 atom stereocenters. The second-order valence-electron chi connectivity index (χ2n) is 14.4. The minimum absolute atomic E-state index is 0.637. The molecule has 0 aliphatic rings. The van der Waals surface area contributed by atoms with Gasteiger partial charge in [-0.2, -0.15) is 0 Å². The molecule has 5 nitrogen and oxygen atoms in total. The highest BCUT2D eigenvalue weighted by Crippen LogP contribution is 2.45. The Morgan fingerprint density at radius 1 is 0.333 bits per heavy atom. The number of rotatable bonds is 5. The predicted molar refractivity (Wildman–Crippen MR) is 238 cm³/mol. The lowest BCUT2D eigenvalue weighted by molar-refractivity contribution is 1.07. The van der Waals surface area contributed by atoms with E-state index < -0.39 is 0 Å². The van der Waals surface area contributed by atoms with Crippen molar-refractivity contribution in [1.82, 2.24) is 24.1 Å². The maximum Gasteiger partial charge on any atom is 0.164 e. The van der Waals surface area contributed by atoms with Gasteiger partial charge in [-0.1, -0.05) is 121 Å². The van der Waals surface area contributed by atoms with Crippen LogP contribution in [-0.2, 0) is 0 Å². The summed E-state index contributed by atoms with van der Waals surface area (Å²) in [5.41, 5.74) is 9.75. The first-order valence-corrected chi connectivity index (χ1v) is 19.9. The van der Waals surface area contributed by atoms with Crippen LogP contribution in [0.5, 0.6) is 0 Å². The Labute approximate surface area is 331 Å². The summed E-state index contributed by atoms with van der Waals surface area (Å²) >= 11 is 1.88. The van der Waals surface area contributed by atoms with Crippen LogP contribution in [0.2, 0.25) is 0 Å². The highest BCUT2D eigenvalue weighted by Gasteiger charge is 2.22. The third-order valence-electron chi connectivity index (χ3n) is 11.2. The topological polar surface area (TPSA) is 48.5 Å². The lowest BCUT2D eigenvalue weighted by Crippen LogP contribution is -2.00. The van der Waals surface area contributed by atoms with Gasteiger partial charge in [0.15, 0.2) is 17.5 Å². The fourth-order valence-electron chi connectivity index (χ4n) is 8.57. The molecular weight excluding hydrogens is 715 g/mol. The third-order valence-corrected chi connectivity index (χ3v) is 12.4. The summed E-state index contributed by atoms with van der Waals surface area (Å²) in [4.78, 5) is 14.9. The van der Waals surface area contributed by atoms with Gasteiger partial charge < -0.3 is 9.13 Å². The zero-order valence-electron chi connectivity index (χ0n) is 30.5. The van der Waals surface area contributed by atoms with Gasteiger partial charge in [-0.3, -0.25) is 0 Å². The van der Waals surface area contributed by atoms with Crippen molar-refractivity contribution >= 4 is 75.1 Å². The molecular formula is C51H31N5S. The molecule has 6 heteroatoms. The molecule has 0 saturated heterocycles. The summed E-state index contributed by atoms with van der Waals surface area (Å²) in [6.07, 6.45) is 0. The highest BCUT2D eigenvalue weighted by atomic mass is 32.1. The number of aromatic nitrogens is 5. The SMILES string of the molecule is c1ccc(-c2nc(-c3ccccc3)nc(-c3ccc(-n4c5cc6c(cc5c5c7sc8ccccc8c7ccc54)c4ccccc4n6-c4ccccc4)cc3)n2)cc1. The second kappa shape index (κ2) is 12.6. The van der Waals surface area contributed by atoms with E-state index in [1.807, 2.05) is 72.0 Å². The van der Waals surface area contributed by atoms with E-state index in [2.05, 4.69) is 137 Å². The van der Waals surface area contributed by atoms with Crippen molar-refractivity contribution in [3.05, 3.63) is 188 Å². The van der Waals surface area contributed by atoms with E-state index in [0.29, 0.717) is 17.5 Å². The lowest BCUT2D eigenvalue weighted by atomic mass is 10.1. The molecule has 57 heavy (non-hydrogen) atoms. The largest absolute Gasteiger partial charge is 0.309 e. The molecule has 0 unspecified atom stereocenters. The van der Waals surface area contributed by atoms with Crippen LogP contribution in [0.15, 0.2) is 188 Å². The molecule has 4 heterocycles. The summed E-state index contributed by atoms with van der Waals surface area (Å²) in [7, 11) is 0. The van der Waals surface area contributed by atoms with Gasteiger partial charge in [0.25, 0.3) is 0 Å². The summed E-state index contributed by atoms with van der Waals surface area (Å²) in [5.74, 6) is 1.93. The van der Waals surface area contributed by atoms with E-state index in [4.69, 9.17) is 15.0 Å². The van der Waals surface area contributed by atoms with E-state index >= 15 is 0 Å². The van der Waals surface area contributed by atoms with Gasteiger partial charge in [0.05, 0.1) is 22.1 Å². The van der Waals surface area contributed by atoms with Crippen LogP contribution in [0.4, 0.5) is 0 Å². The number of benzene rings is 8. The quantitative estimate of drug-likeness (QED) is 0.176. The fourth-order valence-corrected chi connectivity index (χ4v) is 9.83. The first kappa shape index (κ1) is 31.9. The number of para-hydroxylation sites is 2. The van der Waals surface area contributed by atoms with E-state index in [1.165, 1.54) is 58.3 Å². The Balaban J connectivity index is 1.11. The molecule has 0 bridgehead atoms. The molecule has 0 aliphatic heterocycles. The van der Waals surface area contributed by atoms with Crippen LogP contribution in [0.3, 0.4) is 0 Å². The van der Waals surface area contributed by atoms with Gasteiger partial charge >= 0.3 is 0 Å². The maximum atomic E-state index is 5.01. The standard InChI is InChI=1S/C51H31N5S/c1-4-14-32(15-5-1)49-52-50(33-16-6-2-7-17-33)54-51(53-49)34-24-26-36(27-25-34)56-43-29-28-39-38-21-11-13-23-46(38)57-48(39)47(43)41-30-40-37-20-10-12-22-42(37)55(44(40)31-45(41)56)35-18-8-3-9-19-35/h1-31H. The Bertz CT molecular complexity index is 3430. The van der Waals surface area contributed by atoms with Crippen molar-refractivity contribution in [1.29, 1.82) is 0 Å². The van der Waals surface area contributed by atoms with Crippen molar-refractivity contribution in [2.45, 2.75) is 0 Å². The van der Waals surface area contributed by atoms with Gasteiger partial charge in [-0.15, -0.1) is 11.3 Å². The zero-order valence-corrected chi connectivity index (χ0v) is 31.4. The number of fused-ring (bicyclic) bond motifs is 10. The normalized spacial score (nSPS) is 11.9. The van der Waals surface area contributed by atoms with E-state index in [0.717, 1.165) is 33.6 Å². The van der Waals surface area contributed by atoms with Crippen LogP contribution < -0.4 is 0 Å². The van der Waals surface area contributed by atoms with Crippen LogP contribution in [-0.4, -0.2) is 24.1 Å². The van der Waals surface area contributed by atoms with Gasteiger partial charge in [-0.05, 0) is 66.7 Å². The Morgan fingerprint density at radius 3 is 1.54 bits per heavy atom. The Kier molecular flexibility index (Phi) is 7.03. The monoisotopic (exact) mass is 745 g/mol. The first-order valence-electron chi connectivity index (χ1n) is 19.1. The molecule has 0 spiro atoms. The van der Waals surface area contributed by atoms with Crippen molar-refractivity contribution in [3.8, 4) is 45.5 Å². The summed E-state index contributed by atoms with van der Waals surface area (Å²) in [6, 6.07) is 66.6. The summed E-state index contributed by atoms with van der Waals surface area (Å²) in [5, 5.41) is 7.61. The molecule has 0 radical (unpaired) electrons. The lowest BCUT2D eigenvalue weighted by Gasteiger charge is -2.11. The molecule has 4 aromatic heterocycles. The third kappa shape index (κ3) is 4.98. The van der Waals surface area contributed by atoms with Crippen LogP contribution in [0.1, 0.15) is 0 Å². The van der Waals surface area contributed by atoms with Gasteiger partial charge in [0.1, 0.15) is 0 Å². The summed E-state index contributed by atoms with van der Waals surface area (Å²) in [6.45, 7) is 0. The first-order chi connectivity index (χ1) is 28.3. The van der Waals surface area contributed by atoms with Gasteiger partial charge in [0.2, 0.25) is 0 Å². The molecule has 0 aliphatic carbocycles. The van der Waals surface area contributed by atoms with Crippen LogP contribution in [0, 0.1) is 0 Å². The molecule has 0 fully saturated rings. The van der Waals surface area contributed by atoms with E-state index in [-0.39, 0.29) is 0 Å². The second-order valence-corrected chi connectivity index (χ2v) is 15.5. The van der Waals surface area contributed by atoms with Crippen molar-refractivity contribution in [2.24, 2.45) is 0 Å². The van der Waals surface area contributed by atoms with Crippen LogP contribution in [0.25, 0.3) is 109 Å². The molecule has 0 amide bonds. The molecule has 266 valence electrons. The Morgan fingerprint density at radius 2 is 0.860 bits per heavy atom. The minimum atomic E-state index is 0.637. The van der Waals surface area contributed by atoms with E-state index in [1.54, 1.807) is 0 Å². The molecule has 0 N–H and O–H groups in total. The smallest absolute Gasteiger partial charge is 0.164 e. The van der Waals surface area contributed by atoms with Crippen molar-refractivity contribution in [2.75, 3.05) is 0 Å². The predicted octanol–water partition coefficient (Wildman–Crippen LogP) is 13.4. The molecule has 12 aromatic rings. The molecule has 12 rings (SSSR count). The van der Waals surface area contributed by atoms with Crippen molar-refractivity contribution < 1.29 is 0 Å². The number of thiophene rings is 1. The van der Waals surface area contributed by atoms with Gasteiger partial charge in [-0.25, -0.2) is 15.0 Å². The number of nitrogens with zero attached hydrogens (tertiary/aromatic N) is 5.